The molecular formula is C14H12BrClFNO. The van der Waals surface area contributed by atoms with Gasteiger partial charge in [-0.3, -0.25) is 0 Å². The van der Waals surface area contributed by atoms with Gasteiger partial charge in [-0.1, -0.05) is 39.7 Å². The number of nitrogens with one attached hydrogen (secondary N) is 1. The first-order valence-electron chi connectivity index (χ1n) is 5.68. The Kier molecular flexibility index (Phi) is 4.80. The highest BCUT2D eigenvalue weighted by molar-refractivity contribution is 9.10. The van der Waals surface area contributed by atoms with Gasteiger partial charge >= 0.3 is 0 Å². The summed E-state index contributed by atoms with van der Waals surface area (Å²) >= 11 is 9.13. The van der Waals surface area contributed by atoms with Crippen LogP contribution in [0.5, 0.6) is 0 Å². The minimum atomic E-state index is -0.468. The van der Waals surface area contributed by atoms with E-state index in [-0.39, 0.29) is 17.7 Å². The minimum absolute atomic E-state index is 0.0481. The van der Waals surface area contributed by atoms with Gasteiger partial charge in [0.1, 0.15) is 5.82 Å². The van der Waals surface area contributed by atoms with Crippen molar-refractivity contribution in [3.05, 3.63) is 63.3 Å². The topological polar surface area (TPSA) is 32.3 Å². The highest BCUT2D eigenvalue weighted by Gasteiger charge is 2.12. The van der Waals surface area contributed by atoms with Crippen molar-refractivity contribution in [3.8, 4) is 0 Å². The van der Waals surface area contributed by atoms with Crippen molar-refractivity contribution in [2.45, 2.75) is 6.04 Å². The Hall–Kier alpha value is -1.10. The third kappa shape index (κ3) is 3.69. The molecule has 100 valence electrons. The summed E-state index contributed by atoms with van der Waals surface area (Å²) in [5.74, 6) is -0.468. The van der Waals surface area contributed by atoms with E-state index in [0.29, 0.717) is 0 Å². The van der Waals surface area contributed by atoms with Crippen LogP contribution in [-0.4, -0.2) is 11.7 Å². The maximum Gasteiger partial charge on any atom is 0.141 e. The Balaban J connectivity index is 2.22. The summed E-state index contributed by atoms with van der Waals surface area (Å²) < 4.78 is 14.1. The van der Waals surface area contributed by atoms with Crippen LogP contribution in [0.15, 0.2) is 46.9 Å². The quantitative estimate of drug-likeness (QED) is 0.862. The van der Waals surface area contributed by atoms with Crippen molar-refractivity contribution in [2.75, 3.05) is 11.9 Å². The predicted octanol–water partition coefficient (Wildman–Crippen LogP) is 4.39. The molecule has 0 aromatic heterocycles. The molecule has 0 heterocycles. The predicted molar refractivity (Wildman–Crippen MR) is 79.0 cm³/mol. The molecule has 0 spiro atoms. The van der Waals surface area contributed by atoms with Crippen molar-refractivity contribution in [1.29, 1.82) is 0 Å². The second kappa shape index (κ2) is 6.37. The molecule has 0 aliphatic carbocycles. The van der Waals surface area contributed by atoms with E-state index in [2.05, 4.69) is 21.2 Å². The van der Waals surface area contributed by atoms with Crippen LogP contribution in [0, 0.1) is 5.82 Å². The molecule has 2 rings (SSSR count). The SMILES string of the molecule is OCC(Nc1cccc(Br)c1)c1ccc(F)c(Cl)c1. The van der Waals surface area contributed by atoms with Crippen molar-refractivity contribution in [3.63, 3.8) is 0 Å². The lowest BCUT2D eigenvalue weighted by molar-refractivity contribution is 0.276. The van der Waals surface area contributed by atoms with Gasteiger partial charge in [0.2, 0.25) is 0 Å². The molecule has 2 aromatic rings. The van der Waals surface area contributed by atoms with Crippen molar-refractivity contribution in [2.24, 2.45) is 0 Å². The van der Waals surface area contributed by atoms with Crippen LogP contribution in [0.4, 0.5) is 10.1 Å². The van der Waals surface area contributed by atoms with Gasteiger partial charge in [0.05, 0.1) is 17.7 Å². The van der Waals surface area contributed by atoms with E-state index < -0.39 is 5.82 Å². The van der Waals surface area contributed by atoms with Crippen molar-refractivity contribution < 1.29 is 9.50 Å². The van der Waals surface area contributed by atoms with Gasteiger partial charge in [-0.2, -0.15) is 0 Å². The molecule has 2 aromatic carbocycles. The molecule has 1 unspecified atom stereocenters. The fourth-order valence-corrected chi connectivity index (χ4v) is 2.33. The number of rotatable bonds is 4. The zero-order chi connectivity index (χ0) is 13.8. The number of benzene rings is 2. The number of aliphatic hydroxyl groups is 1. The van der Waals surface area contributed by atoms with E-state index in [1.54, 1.807) is 6.07 Å². The molecule has 0 amide bonds. The van der Waals surface area contributed by atoms with Gasteiger partial charge in [-0.25, -0.2) is 4.39 Å². The fraction of sp³-hybridized carbons (Fsp3) is 0.143. The average Bonchev–Trinajstić information content (AvgIpc) is 2.39. The highest BCUT2D eigenvalue weighted by Crippen LogP contribution is 2.25. The molecule has 5 heteroatoms. The summed E-state index contributed by atoms with van der Waals surface area (Å²) in [6, 6.07) is 11.7. The Labute approximate surface area is 124 Å². The lowest BCUT2D eigenvalue weighted by Crippen LogP contribution is -2.14. The highest BCUT2D eigenvalue weighted by atomic mass is 79.9. The van der Waals surface area contributed by atoms with Crippen LogP contribution in [0.1, 0.15) is 11.6 Å². The standard InChI is InChI=1S/C14H12BrClFNO/c15-10-2-1-3-11(7-10)18-14(8-19)9-4-5-13(17)12(16)6-9/h1-7,14,18-19H,8H2. The van der Waals surface area contributed by atoms with Gasteiger partial charge in [-0.15, -0.1) is 0 Å². The van der Waals surface area contributed by atoms with E-state index in [9.17, 15) is 9.50 Å². The molecule has 0 saturated heterocycles. The van der Waals surface area contributed by atoms with Gasteiger partial charge in [-0.05, 0) is 35.9 Å². The molecule has 2 N–H and O–H groups in total. The lowest BCUT2D eigenvalue weighted by atomic mass is 10.1. The van der Waals surface area contributed by atoms with Crippen LogP contribution in [0.3, 0.4) is 0 Å². The zero-order valence-corrected chi connectivity index (χ0v) is 12.2. The van der Waals surface area contributed by atoms with E-state index >= 15 is 0 Å². The van der Waals surface area contributed by atoms with Crippen molar-refractivity contribution in [1.82, 2.24) is 0 Å². The van der Waals surface area contributed by atoms with E-state index in [1.807, 2.05) is 24.3 Å². The van der Waals surface area contributed by atoms with E-state index in [0.717, 1.165) is 15.7 Å². The van der Waals surface area contributed by atoms with Crippen LogP contribution in [0.2, 0.25) is 5.02 Å². The Morgan fingerprint density at radius 3 is 2.68 bits per heavy atom. The summed E-state index contributed by atoms with van der Waals surface area (Å²) in [4.78, 5) is 0. The third-order valence-corrected chi connectivity index (χ3v) is 3.48. The molecule has 1 atom stereocenters. The molecule has 0 aliphatic rings. The monoisotopic (exact) mass is 343 g/mol. The number of aliphatic hydroxyl groups excluding tert-OH is 1. The fourth-order valence-electron chi connectivity index (χ4n) is 1.74. The van der Waals surface area contributed by atoms with Crippen LogP contribution >= 0.6 is 27.5 Å². The summed E-state index contributed by atoms with van der Waals surface area (Å²) in [7, 11) is 0. The molecule has 19 heavy (non-hydrogen) atoms. The number of anilines is 1. The number of halogens is 3. The molecule has 0 saturated carbocycles. The average molecular weight is 345 g/mol. The van der Waals surface area contributed by atoms with Gasteiger partial charge in [0.25, 0.3) is 0 Å². The molecule has 0 fully saturated rings. The summed E-state index contributed by atoms with van der Waals surface area (Å²) in [5.41, 5.74) is 1.59. The molecular weight excluding hydrogens is 333 g/mol. The molecule has 2 nitrogen and oxygen atoms in total. The van der Waals surface area contributed by atoms with E-state index in [1.165, 1.54) is 12.1 Å². The summed E-state index contributed by atoms with van der Waals surface area (Å²) in [6.45, 7) is -0.117. The molecule has 0 bridgehead atoms. The second-order valence-corrected chi connectivity index (χ2v) is 5.39. The summed E-state index contributed by atoms with van der Waals surface area (Å²) in [6.07, 6.45) is 0. The van der Waals surface area contributed by atoms with Crippen molar-refractivity contribution >= 4 is 33.2 Å². The largest absolute Gasteiger partial charge is 0.394 e. The minimum Gasteiger partial charge on any atom is -0.394 e. The first-order valence-corrected chi connectivity index (χ1v) is 6.85. The van der Waals surface area contributed by atoms with E-state index in [4.69, 9.17) is 11.6 Å². The van der Waals surface area contributed by atoms with Gasteiger partial charge < -0.3 is 10.4 Å². The lowest BCUT2D eigenvalue weighted by Gasteiger charge is -2.18. The molecule has 0 aliphatic heterocycles. The van der Waals surface area contributed by atoms with Crippen LogP contribution in [0.25, 0.3) is 0 Å². The smallest absolute Gasteiger partial charge is 0.141 e. The van der Waals surface area contributed by atoms with Crippen LogP contribution in [-0.2, 0) is 0 Å². The number of hydrogen-bond acceptors (Lipinski definition) is 2. The zero-order valence-electron chi connectivity index (χ0n) is 9.91. The molecule has 0 radical (unpaired) electrons. The number of hydrogen-bond donors (Lipinski definition) is 2. The van der Waals surface area contributed by atoms with Gasteiger partial charge in [0, 0.05) is 10.2 Å². The normalized spacial score (nSPS) is 12.2. The third-order valence-electron chi connectivity index (χ3n) is 2.69. The Bertz CT molecular complexity index is 579. The second-order valence-electron chi connectivity index (χ2n) is 4.06. The summed E-state index contributed by atoms with van der Waals surface area (Å²) in [5, 5.41) is 12.7. The maximum absolute atomic E-state index is 13.1. The Morgan fingerprint density at radius 1 is 1.26 bits per heavy atom. The first kappa shape index (κ1) is 14.3. The van der Waals surface area contributed by atoms with Crippen LogP contribution < -0.4 is 5.32 Å². The van der Waals surface area contributed by atoms with Gasteiger partial charge in [0.15, 0.2) is 0 Å². The first-order chi connectivity index (χ1) is 9.10. The maximum atomic E-state index is 13.1. The Morgan fingerprint density at radius 2 is 2.05 bits per heavy atom.